The van der Waals surface area contributed by atoms with Gasteiger partial charge in [-0.3, -0.25) is 0 Å². The van der Waals surface area contributed by atoms with Crippen molar-refractivity contribution in [3.63, 3.8) is 0 Å². The van der Waals surface area contributed by atoms with Gasteiger partial charge in [-0.2, -0.15) is 0 Å². The summed E-state index contributed by atoms with van der Waals surface area (Å²) in [7, 11) is -5.25. The number of hydrogen-bond donors (Lipinski definition) is 1. The van der Waals surface area contributed by atoms with E-state index in [0.717, 1.165) is 15.1 Å². The van der Waals surface area contributed by atoms with E-state index in [9.17, 15) is 16.8 Å². The van der Waals surface area contributed by atoms with Crippen molar-refractivity contribution in [2.75, 3.05) is 14.2 Å². The molecule has 0 aliphatic heterocycles. The van der Waals surface area contributed by atoms with Crippen molar-refractivity contribution < 1.29 is 26.3 Å². The van der Waals surface area contributed by atoms with E-state index in [1.54, 1.807) is 74.9 Å². The van der Waals surface area contributed by atoms with Crippen molar-refractivity contribution in [3.8, 4) is 22.6 Å². The molecule has 200 valence electrons. The van der Waals surface area contributed by atoms with E-state index in [0.29, 0.717) is 22.4 Å². The van der Waals surface area contributed by atoms with Gasteiger partial charge in [-0.25, -0.2) is 25.5 Å². The zero-order valence-electron chi connectivity index (χ0n) is 21.2. The normalized spacial score (nSPS) is 11.9. The molecule has 0 aliphatic carbocycles. The van der Waals surface area contributed by atoms with E-state index in [1.807, 2.05) is 24.3 Å². The molecule has 0 saturated carbocycles. The van der Waals surface area contributed by atoms with Crippen molar-refractivity contribution in [2.45, 2.75) is 16.5 Å². The smallest absolute Gasteiger partial charge is 0.269 e. The predicted molar refractivity (Wildman–Crippen MR) is 150 cm³/mol. The summed E-state index contributed by atoms with van der Waals surface area (Å²) in [5, 5.41) is 0.141. The largest absolute Gasteiger partial charge is 0.497 e. The highest BCUT2D eigenvalue weighted by molar-refractivity contribution is 7.92. The molecular formula is C29H26N2O6S2. The van der Waals surface area contributed by atoms with Crippen LogP contribution in [0.25, 0.3) is 22.0 Å². The average molecular weight is 563 g/mol. The number of hydrogen-bond acceptors (Lipinski definition) is 6. The van der Waals surface area contributed by atoms with Gasteiger partial charge in [-0.15, -0.1) is 0 Å². The molecule has 1 aromatic heterocycles. The Morgan fingerprint density at radius 1 is 0.744 bits per heavy atom. The summed E-state index contributed by atoms with van der Waals surface area (Å²) in [4.78, 5) is -0.00708. The Balaban J connectivity index is 1.45. The summed E-state index contributed by atoms with van der Waals surface area (Å²) in [5.74, 6) is 1.32. The molecule has 0 saturated heterocycles. The van der Waals surface area contributed by atoms with Gasteiger partial charge in [-0.05, 0) is 47.5 Å². The van der Waals surface area contributed by atoms with Crippen molar-refractivity contribution in [1.82, 2.24) is 8.69 Å². The van der Waals surface area contributed by atoms with Crippen LogP contribution in [0.2, 0.25) is 0 Å². The average Bonchev–Trinajstić information content (AvgIpc) is 3.38. The molecule has 0 radical (unpaired) electrons. The van der Waals surface area contributed by atoms with Gasteiger partial charge in [0.05, 0.1) is 24.6 Å². The Kier molecular flexibility index (Phi) is 7.17. The van der Waals surface area contributed by atoms with E-state index in [1.165, 1.54) is 18.2 Å². The van der Waals surface area contributed by atoms with Crippen LogP contribution < -0.4 is 14.2 Å². The second-order valence-electron chi connectivity index (χ2n) is 8.71. The maximum absolute atomic E-state index is 13.6. The second kappa shape index (κ2) is 10.6. The van der Waals surface area contributed by atoms with Crippen molar-refractivity contribution in [3.05, 3.63) is 109 Å². The first-order valence-corrected chi connectivity index (χ1v) is 14.9. The van der Waals surface area contributed by atoms with Crippen molar-refractivity contribution >= 4 is 30.9 Å². The SMILES string of the molecule is COc1ccc(-c2ccc(CNS(=O)(=O)c3cc4ccccc4n3S(=O)(=O)c3ccccc3)cc2)c(OC)c1. The number of ether oxygens (including phenoxy) is 2. The van der Waals surface area contributed by atoms with Gasteiger partial charge in [0.2, 0.25) is 0 Å². The molecule has 1 heterocycles. The molecule has 4 aromatic carbocycles. The molecule has 0 amide bonds. The minimum atomic E-state index is -4.22. The Morgan fingerprint density at radius 3 is 2.13 bits per heavy atom. The lowest BCUT2D eigenvalue weighted by atomic mass is 10.0. The van der Waals surface area contributed by atoms with Gasteiger partial charge in [-0.1, -0.05) is 60.7 Å². The summed E-state index contributed by atoms with van der Waals surface area (Å²) in [6.45, 7) is -0.0325. The van der Waals surface area contributed by atoms with E-state index < -0.39 is 20.0 Å². The molecule has 0 aliphatic rings. The summed E-state index contributed by atoms with van der Waals surface area (Å²) < 4.78 is 68.3. The Hall–Kier alpha value is -4.12. The quantitative estimate of drug-likeness (QED) is 0.270. The van der Waals surface area contributed by atoms with Crippen molar-refractivity contribution in [2.24, 2.45) is 0 Å². The topological polar surface area (TPSA) is 104 Å². The number of aromatic nitrogens is 1. The first-order valence-electron chi connectivity index (χ1n) is 12.0. The van der Waals surface area contributed by atoms with E-state index in [2.05, 4.69) is 4.72 Å². The maximum Gasteiger partial charge on any atom is 0.269 e. The van der Waals surface area contributed by atoms with Gasteiger partial charge in [0.1, 0.15) is 11.5 Å². The molecule has 10 heteroatoms. The Morgan fingerprint density at radius 2 is 1.44 bits per heavy atom. The predicted octanol–water partition coefficient (Wildman–Crippen LogP) is 5.04. The molecule has 0 unspecified atom stereocenters. The molecule has 0 bridgehead atoms. The maximum atomic E-state index is 13.6. The van der Waals surface area contributed by atoms with Gasteiger partial charge in [0, 0.05) is 23.6 Å². The molecule has 0 spiro atoms. The first kappa shape index (κ1) is 26.5. The van der Waals surface area contributed by atoms with Crippen LogP contribution in [-0.2, 0) is 26.6 Å². The van der Waals surface area contributed by atoms with Gasteiger partial charge in [0.15, 0.2) is 5.03 Å². The summed E-state index contributed by atoms with van der Waals surface area (Å²) in [6, 6.07) is 28.6. The number of fused-ring (bicyclic) bond motifs is 1. The minimum absolute atomic E-state index is 0.00708. The van der Waals surface area contributed by atoms with Gasteiger partial charge >= 0.3 is 0 Å². The van der Waals surface area contributed by atoms with Crippen LogP contribution in [-0.4, -0.2) is 35.0 Å². The molecule has 5 rings (SSSR count). The Bertz CT molecular complexity index is 1850. The fourth-order valence-corrected chi connectivity index (χ4v) is 7.45. The number of sulfonamides is 1. The lowest BCUT2D eigenvalue weighted by Gasteiger charge is -2.13. The van der Waals surface area contributed by atoms with Crippen LogP contribution in [0.1, 0.15) is 5.56 Å². The third kappa shape index (κ3) is 5.14. The molecule has 8 nitrogen and oxygen atoms in total. The van der Waals surface area contributed by atoms with E-state index in [4.69, 9.17) is 9.47 Å². The highest BCUT2D eigenvalue weighted by Gasteiger charge is 2.29. The number of rotatable bonds is 9. The third-order valence-electron chi connectivity index (χ3n) is 6.33. The summed E-state index contributed by atoms with van der Waals surface area (Å²) in [6.07, 6.45) is 0. The van der Waals surface area contributed by atoms with E-state index in [-0.39, 0.29) is 22.0 Å². The number of nitrogens with zero attached hydrogens (tertiary/aromatic N) is 1. The zero-order valence-corrected chi connectivity index (χ0v) is 22.9. The van der Waals surface area contributed by atoms with Crippen LogP contribution >= 0.6 is 0 Å². The van der Waals surface area contributed by atoms with Crippen LogP contribution in [0.5, 0.6) is 11.5 Å². The lowest BCUT2D eigenvalue weighted by Crippen LogP contribution is -2.27. The first-order chi connectivity index (χ1) is 18.7. The monoisotopic (exact) mass is 562 g/mol. The van der Waals surface area contributed by atoms with Crippen LogP contribution in [0, 0.1) is 0 Å². The van der Waals surface area contributed by atoms with Crippen LogP contribution in [0.3, 0.4) is 0 Å². The van der Waals surface area contributed by atoms with Crippen LogP contribution in [0.15, 0.2) is 113 Å². The fourth-order valence-electron chi connectivity index (χ4n) is 4.33. The minimum Gasteiger partial charge on any atom is -0.497 e. The van der Waals surface area contributed by atoms with E-state index >= 15 is 0 Å². The molecule has 5 aromatic rings. The molecule has 39 heavy (non-hydrogen) atoms. The zero-order chi connectivity index (χ0) is 27.6. The molecule has 0 atom stereocenters. The third-order valence-corrected chi connectivity index (χ3v) is 9.56. The standard InChI is InChI=1S/C29H26N2O6S2/c1-36-24-16-17-26(28(19-24)37-2)22-14-12-21(13-15-22)20-30-38(32,33)29-18-23-8-6-7-11-27(23)31(29)39(34,35)25-9-4-3-5-10-25/h3-19,30H,20H2,1-2H3. The number of benzene rings is 4. The summed E-state index contributed by atoms with van der Waals surface area (Å²) >= 11 is 0. The van der Waals surface area contributed by atoms with Gasteiger partial charge < -0.3 is 9.47 Å². The summed E-state index contributed by atoms with van der Waals surface area (Å²) in [5.41, 5.74) is 2.72. The highest BCUT2D eigenvalue weighted by atomic mass is 32.2. The van der Waals surface area contributed by atoms with Crippen LogP contribution in [0.4, 0.5) is 0 Å². The number of nitrogens with one attached hydrogen (secondary N) is 1. The number of para-hydroxylation sites is 1. The Labute approximate surface area is 227 Å². The molecule has 0 fully saturated rings. The molecule has 1 N–H and O–H groups in total. The van der Waals surface area contributed by atoms with Gasteiger partial charge in [0.25, 0.3) is 20.0 Å². The number of methoxy groups -OCH3 is 2. The lowest BCUT2D eigenvalue weighted by molar-refractivity contribution is 0.395. The molecular weight excluding hydrogens is 536 g/mol. The highest BCUT2D eigenvalue weighted by Crippen LogP contribution is 2.33. The fraction of sp³-hybridized carbons (Fsp3) is 0.103. The van der Waals surface area contributed by atoms with Crippen molar-refractivity contribution in [1.29, 1.82) is 0 Å². The second-order valence-corrected chi connectivity index (χ2v) is 12.2.